The van der Waals surface area contributed by atoms with Crippen molar-refractivity contribution in [3.05, 3.63) is 0 Å². The van der Waals surface area contributed by atoms with Crippen LogP contribution in [0.4, 0.5) is 0 Å². The fourth-order valence-corrected chi connectivity index (χ4v) is 1.42. The van der Waals surface area contributed by atoms with Crippen LogP contribution in [0.2, 0.25) is 0 Å². The number of aliphatic carboxylic acids is 3. The smallest absolute Gasteiger partial charge is 1.00 e. The zero-order valence-electron chi connectivity index (χ0n) is 11.9. The van der Waals surface area contributed by atoms with E-state index >= 15 is 0 Å². The fourth-order valence-electron chi connectivity index (χ4n) is 1.42. The predicted octanol–water partition coefficient (Wildman–Crippen LogP) is -3.84. The van der Waals surface area contributed by atoms with Crippen molar-refractivity contribution in [2.75, 3.05) is 19.6 Å². The molecule has 0 spiro atoms. The molecule has 9 heteroatoms. The molecule has 1 atom stereocenters. The minimum Gasteiger partial charge on any atom is -1.00 e. The summed E-state index contributed by atoms with van der Waals surface area (Å²) in [6.07, 6.45) is 1.29. The summed E-state index contributed by atoms with van der Waals surface area (Å²) in [7, 11) is 0. The Morgan fingerprint density at radius 1 is 1.05 bits per heavy atom. The first-order valence-electron chi connectivity index (χ1n) is 5.47. The molecule has 0 radical (unpaired) electrons. The molecule has 0 fully saturated rings. The van der Waals surface area contributed by atoms with Crippen LogP contribution in [-0.2, 0) is 14.4 Å². The summed E-state index contributed by atoms with van der Waals surface area (Å²) >= 11 is 0. The molecule has 5 N–H and O–H groups in total. The van der Waals surface area contributed by atoms with E-state index in [-0.39, 0.29) is 57.0 Å². The van der Waals surface area contributed by atoms with Gasteiger partial charge in [0.15, 0.2) is 0 Å². The van der Waals surface area contributed by atoms with Crippen molar-refractivity contribution in [3.63, 3.8) is 0 Å². The molecule has 0 aromatic rings. The first kappa shape index (κ1) is 20.6. The number of rotatable bonds is 10. The Kier molecular flexibility index (Phi) is 12.1. The quantitative estimate of drug-likeness (QED) is 0.236. The molecule has 0 aromatic heterocycles. The summed E-state index contributed by atoms with van der Waals surface area (Å²) in [6.45, 7) is -0.417. The fraction of sp³-hybridized carbons (Fsp3) is 0.700. The standard InChI is InChI=1S/C10H18N2O6.Na.H/c11-7(10(17)18)3-1-2-4-12(5-8(13)14)6-9(15)16;;/h7H,1-6,11H2,(H,13,14)(H,15,16)(H,17,18);;/q;+1;-1/t7-;;/m0../s1. The van der Waals surface area contributed by atoms with Crippen molar-refractivity contribution in [1.82, 2.24) is 4.90 Å². The summed E-state index contributed by atoms with van der Waals surface area (Å²) in [5.41, 5.74) is 5.29. The SMILES string of the molecule is N[C@@H](CCCCN(CC(=O)O)CC(=O)O)C(=O)O.[H-].[Na+]. The molecule has 0 amide bonds. The number of carbonyl (C=O) groups is 3. The second kappa shape index (κ2) is 11.2. The van der Waals surface area contributed by atoms with E-state index < -0.39 is 23.9 Å². The minimum absolute atomic E-state index is 0. The van der Waals surface area contributed by atoms with E-state index in [1.807, 2.05) is 0 Å². The molecule has 0 heterocycles. The normalized spacial score (nSPS) is 11.7. The van der Waals surface area contributed by atoms with Crippen LogP contribution >= 0.6 is 0 Å². The average molecular weight is 286 g/mol. The van der Waals surface area contributed by atoms with Crippen molar-refractivity contribution < 1.29 is 60.7 Å². The summed E-state index contributed by atoms with van der Waals surface area (Å²) < 4.78 is 0. The van der Waals surface area contributed by atoms with Gasteiger partial charge in [0.25, 0.3) is 0 Å². The molecule has 0 unspecified atom stereocenters. The number of carboxylic acid groups (broad SMARTS) is 3. The van der Waals surface area contributed by atoms with Gasteiger partial charge in [-0.05, 0) is 19.4 Å². The number of nitrogens with zero attached hydrogens (tertiary/aromatic N) is 1. The number of nitrogens with two attached hydrogens (primary N) is 1. The number of hydrogen-bond acceptors (Lipinski definition) is 5. The minimum atomic E-state index is -1.10. The maximum absolute atomic E-state index is 10.5. The van der Waals surface area contributed by atoms with E-state index in [1.165, 1.54) is 4.90 Å². The molecule has 0 aliphatic rings. The molecule has 19 heavy (non-hydrogen) atoms. The zero-order chi connectivity index (χ0) is 14.1. The van der Waals surface area contributed by atoms with Gasteiger partial charge in [-0.1, -0.05) is 6.42 Å². The Hall–Kier alpha value is -0.670. The summed E-state index contributed by atoms with van der Waals surface area (Å²) in [5, 5.41) is 25.7. The third-order valence-electron chi connectivity index (χ3n) is 2.27. The van der Waals surface area contributed by atoms with Crippen LogP contribution in [-0.4, -0.2) is 63.8 Å². The Balaban J connectivity index is -0.00000144. The van der Waals surface area contributed by atoms with E-state index in [9.17, 15) is 14.4 Å². The van der Waals surface area contributed by atoms with Crippen LogP contribution in [0.15, 0.2) is 0 Å². The molecule has 0 saturated heterocycles. The molecule has 0 bridgehead atoms. The maximum atomic E-state index is 10.5. The van der Waals surface area contributed by atoms with Gasteiger partial charge in [-0.3, -0.25) is 19.3 Å². The van der Waals surface area contributed by atoms with Gasteiger partial charge in [-0.15, -0.1) is 0 Å². The van der Waals surface area contributed by atoms with Gasteiger partial charge < -0.3 is 22.5 Å². The van der Waals surface area contributed by atoms with E-state index in [4.69, 9.17) is 21.1 Å². The number of unbranched alkanes of at least 4 members (excludes halogenated alkanes) is 1. The van der Waals surface area contributed by atoms with E-state index in [0.29, 0.717) is 12.8 Å². The Labute approximate surface area is 134 Å². The van der Waals surface area contributed by atoms with Gasteiger partial charge in [0.2, 0.25) is 0 Å². The van der Waals surface area contributed by atoms with Crippen LogP contribution in [0, 0.1) is 0 Å². The van der Waals surface area contributed by atoms with Crippen LogP contribution in [0.25, 0.3) is 0 Å². The monoisotopic (exact) mass is 286 g/mol. The third-order valence-corrected chi connectivity index (χ3v) is 2.27. The molecule has 0 saturated carbocycles. The second-order valence-electron chi connectivity index (χ2n) is 3.94. The number of hydrogen-bond donors (Lipinski definition) is 4. The molecular weight excluding hydrogens is 267 g/mol. The predicted molar refractivity (Wildman–Crippen MR) is 62.3 cm³/mol. The molecule has 0 rings (SSSR count). The maximum Gasteiger partial charge on any atom is 1.00 e. The van der Waals surface area contributed by atoms with Gasteiger partial charge >= 0.3 is 47.5 Å². The molecule has 0 aliphatic heterocycles. The van der Waals surface area contributed by atoms with Crippen molar-refractivity contribution in [3.8, 4) is 0 Å². The Bertz CT molecular complexity index is 302. The Morgan fingerprint density at radius 3 is 1.89 bits per heavy atom. The topological polar surface area (TPSA) is 141 Å². The van der Waals surface area contributed by atoms with Gasteiger partial charge in [-0.25, -0.2) is 0 Å². The van der Waals surface area contributed by atoms with Gasteiger partial charge in [-0.2, -0.15) is 0 Å². The van der Waals surface area contributed by atoms with Crippen molar-refractivity contribution in [2.45, 2.75) is 25.3 Å². The van der Waals surface area contributed by atoms with Crippen molar-refractivity contribution >= 4 is 17.9 Å². The largest absolute Gasteiger partial charge is 1.00 e. The number of carboxylic acids is 3. The van der Waals surface area contributed by atoms with Crippen molar-refractivity contribution in [1.29, 1.82) is 0 Å². The second-order valence-corrected chi connectivity index (χ2v) is 3.94. The average Bonchev–Trinajstić information content (AvgIpc) is 2.21. The van der Waals surface area contributed by atoms with Gasteiger partial charge in [0, 0.05) is 0 Å². The van der Waals surface area contributed by atoms with E-state index in [2.05, 4.69) is 0 Å². The van der Waals surface area contributed by atoms with Crippen molar-refractivity contribution in [2.24, 2.45) is 5.73 Å². The van der Waals surface area contributed by atoms with Crippen LogP contribution in [0.1, 0.15) is 20.7 Å². The Morgan fingerprint density at radius 2 is 1.53 bits per heavy atom. The van der Waals surface area contributed by atoms with Crippen LogP contribution in [0.5, 0.6) is 0 Å². The molecule has 0 aliphatic carbocycles. The molecular formula is C10H19N2NaO6. The van der Waals surface area contributed by atoms with E-state index in [0.717, 1.165) is 0 Å². The van der Waals surface area contributed by atoms with Gasteiger partial charge in [0.1, 0.15) is 6.04 Å². The first-order valence-corrected chi connectivity index (χ1v) is 5.47. The molecule has 8 nitrogen and oxygen atoms in total. The van der Waals surface area contributed by atoms with Gasteiger partial charge in [0.05, 0.1) is 13.1 Å². The van der Waals surface area contributed by atoms with Crippen LogP contribution < -0.4 is 35.3 Å². The molecule has 106 valence electrons. The van der Waals surface area contributed by atoms with E-state index in [1.54, 1.807) is 0 Å². The third kappa shape index (κ3) is 12.1. The molecule has 0 aromatic carbocycles. The summed E-state index contributed by atoms with van der Waals surface area (Å²) in [5.74, 6) is -3.28. The summed E-state index contributed by atoms with van der Waals surface area (Å²) in [6, 6.07) is -0.933. The summed E-state index contributed by atoms with van der Waals surface area (Å²) in [4.78, 5) is 32.7. The van der Waals surface area contributed by atoms with Crippen LogP contribution in [0.3, 0.4) is 0 Å². The zero-order valence-corrected chi connectivity index (χ0v) is 12.9. The first-order chi connectivity index (χ1) is 8.32.